The molecule has 3 aliphatic rings. The highest BCUT2D eigenvalue weighted by atomic mass is 35.5. The SMILES string of the molecule is CC12Cc3c([nH]c4ccc(Cl)cc34)C(c3cccc(O)c3)N1C(=O)N(CCCN1CC=CC1)C2=O. The molecular weight excluding hydrogens is 464 g/mol. The van der Waals surface area contributed by atoms with Gasteiger partial charge in [-0.2, -0.15) is 0 Å². The van der Waals surface area contributed by atoms with Gasteiger partial charge in [-0.05, 0) is 54.8 Å². The van der Waals surface area contributed by atoms with Crippen LogP contribution in [0.15, 0.2) is 54.6 Å². The van der Waals surface area contributed by atoms with Crippen LogP contribution >= 0.6 is 11.6 Å². The van der Waals surface area contributed by atoms with Crippen molar-refractivity contribution in [1.82, 2.24) is 19.7 Å². The zero-order valence-electron chi connectivity index (χ0n) is 19.5. The summed E-state index contributed by atoms with van der Waals surface area (Å²) in [5.41, 5.74) is 2.47. The average molecular weight is 491 g/mol. The lowest BCUT2D eigenvalue weighted by atomic mass is 9.81. The number of urea groups is 1. The molecule has 0 radical (unpaired) electrons. The summed E-state index contributed by atoms with van der Waals surface area (Å²) >= 11 is 6.33. The fourth-order valence-electron chi connectivity index (χ4n) is 5.88. The minimum Gasteiger partial charge on any atom is -0.508 e. The Bertz CT molecular complexity index is 1370. The molecule has 180 valence electrons. The monoisotopic (exact) mass is 490 g/mol. The van der Waals surface area contributed by atoms with Crippen LogP contribution < -0.4 is 0 Å². The van der Waals surface area contributed by atoms with Gasteiger partial charge in [-0.1, -0.05) is 35.9 Å². The third kappa shape index (κ3) is 3.45. The normalized spacial score (nSPS) is 24.0. The minimum atomic E-state index is -1.03. The molecule has 2 atom stereocenters. The summed E-state index contributed by atoms with van der Waals surface area (Å²) in [5, 5.41) is 11.8. The van der Waals surface area contributed by atoms with E-state index in [1.165, 1.54) is 4.90 Å². The fourth-order valence-corrected chi connectivity index (χ4v) is 6.05. The number of phenolic OH excluding ortho intramolecular Hbond substituents is 1. The van der Waals surface area contributed by atoms with Crippen molar-refractivity contribution < 1.29 is 14.7 Å². The van der Waals surface area contributed by atoms with Gasteiger partial charge in [0.2, 0.25) is 0 Å². The van der Waals surface area contributed by atoms with Gasteiger partial charge < -0.3 is 10.1 Å². The first-order chi connectivity index (χ1) is 16.9. The Labute approximate surface area is 208 Å². The lowest BCUT2D eigenvalue weighted by molar-refractivity contribution is -0.133. The number of carbonyl (C=O) groups excluding carboxylic acids is 2. The number of fused-ring (bicyclic) bond motifs is 4. The van der Waals surface area contributed by atoms with E-state index in [0.29, 0.717) is 18.0 Å². The van der Waals surface area contributed by atoms with Gasteiger partial charge in [0, 0.05) is 54.2 Å². The summed E-state index contributed by atoms with van der Waals surface area (Å²) in [6.45, 7) is 4.90. The molecular formula is C27H27ClN4O3. The predicted octanol–water partition coefficient (Wildman–Crippen LogP) is 4.46. The van der Waals surface area contributed by atoms with E-state index in [9.17, 15) is 14.7 Å². The largest absolute Gasteiger partial charge is 0.508 e. The van der Waals surface area contributed by atoms with E-state index in [0.717, 1.165) is 53.8 Å². The summed E-state index contributed by atoms with van der Waals surface area (Å²) in [7, 11) is 0. The number of carbonyl (C=O) groups is 2. The molecule has 1 aromatic heterocycles. The highest BCUT2D eigenvalue weighted by Gasteiger charge is 2.60. The van der Waals surface area contributed by atoms with Crippen LogP contribution in [-0.2, 0) is 11.2 Å². The van der Waals surface area contributed by atoms with E-state index in [1.54, 1.807) is 23.1 Å². The molecule has 2 N–H and O–H groups in total. The number of nitrogens with one attached hydrogen (secondary N) is 1. The van der Waals surface area contributed by atoms with Crippen molar-refractivity contribution in [2.75, 3.05) is 26.2 Å². The second-order valence-electron chi connectivity index (χ2n) is 9.85. The maximum Gasteiger partial charge on any atom is 0.328 e. The number of phenols is 1. The minimum absolute atomic E-state index is 0.115. The number of nitrogens with zero attached hydrogens (tertiary/aromatic N) is 3. The zero-order chi connectivity index (χ0) is 24.3. The molecule has 3 amide bonds. The van der Waals surface area contributed by atoms with Crippen LogP contribution in [0, 0.1) is 0 Å². The zero-order valence-corrected chi connectivity index (χ0v) is 20.3. The summed E-state index contributed by atoms with van der Waals surface area (Å²) in [4.78, 5) is 36.6. The van der Waals surface area contributed by atoms with Crippen LogP contribution in [-0.4, -0.2) is 68.4 Å². The van der Waals surface area contributed by atoms with Crippen molar-refractivity contribution in [2.24, 2.45) is 0 Å². The van der Waals surface area contributed by atoms with Gasteiger partial charge in [0.15, 0.2) is 0 Å². The van der Waals surface area contributed by atoms with Crippen molar-refractivity contribution in [3.05, 3.63) is 76.5 Å². The van der Waals surface area contributed by atoms with Gasteiger partial charge in [0.25, 0.3) is 5.91 Å². The quantitative estimate of drug-likeness (QED) is 0.409. The predicted molar refractivity (Wildman–Crippen MR) is 135 cm³/mol. The van der Waals surface area contributed by atoms with Crippen LogP contribution in [0.3, 0.4) is 0 Å². The van der Waals surface area contributed by atoms with Gasteiger partial charge in [0.05, 0.1) is 0 Å². The summed E-state index contributed by atoms with van der Waals surface area (Å²) in [6, 6.07) is 11.8. The molecule has 3 aromatic rings. The second kappa shape index (κ2) is 8.14. The molecule has 35 heavy (non-hydrogen) atoms. The number of hydrogen-bond donors (Lipinski definition) is 2. The van der Waals surface area contributed by atoms with Gasteiger partial charge in [-0.15, -0.1) is 0 Å². The molecule has 0 bridgehead atoms. The topological polar surface area (TPSA) is 79.9 Å². The lowest BCUT2D eigenvalue weighted by Gasteiger charge is -2.42. The molecule has 2 aromatic carbocycles. The van der Waals surface area contributed by atoms with Crippen molar-refractivity contribution in [3.8, 4) is 5.75 Å². The smallest absolute Gasteiger partial charge is 0.328 e. The Hall–Kier alpha value is -3.29. The van der Waals surface area contributed by atoms with Crippen LogP contribution in [0.1, 0.15) is 36.2 Å². The van der Waals surface area contributed by atoms with E-state index < -0.39 is 11.6 Å². The number of halogens is 1. The molecule has 8 heteroatoms. The van der Waals surface area contributed by atoms with Gasteiger partial charge in [-0.25, -0.2) is 4.79 Å². The number of hydrogen-bond acceptors (Lipinski definition) is 4. The van der Waals surface area contributed by atoms with E-state index in [4.69, 9.17) is 11.6 Å². The van der Waals surface area contributed by atoms with Crippen LogP contribution in [0.2, 0.25) is 5.02 Å². The fraction of sp³-hybridized carbons (Fsp3) is 0.333. The van der Waals surface area contributed by atoms with E-state index >= 15 is 0 Å². The molecule has 4 heterocycles. The van der Waals surface area contributed by atoms with E-state index in [2.05, 4.69) is 22.0 Å². The van der Waals surface area contributed by atoms with E-state index in [-0.39, 0.29) is 17.7 Å². The summed E-state index contributed by atoms with van der Waals surface area (Å²) in [6.07, 6.45) is 5.40. The number of benzene rings is 2. The summed E-state index contributed by atoms with van der Waals surface area (Å²) in [5.74, 6) is -0.0567. The Morgan fingerprint density at radius 3 is 2.69 bits per heavy atom. The average Bonchev–Trinajstić information content (AvgIpc) is 3.51. The van der Waals surface area contributed by atoms with Crippen molar-refractivity contribution in [1.29, 1.82) is 0 Å². The maximum atomic E-state index is 13.8. The molecule has 7 nitrogen and oxygen atoms in total. The first kappa shape index (κ1) is 22.2. The summed E-state index contributed by atoms with van der Waals surface area (Å²) < 4.78 is 0. The Morgan fingerprint density at radius 2 is 1.91 bits per heavy atom. The van der Waals surface area contributed by atoms with Gasteiger partial charge in [0.1, 0.15) is 17.3 Å². The molecule has 0 spiro atoms. The van der Waals surface area contributed by atoms with Gasteiger partial charge >= 0.3 is 6.03 Å². The third-order valence-electron chi connectivity index (χ3n) is 7.56. The standard InChI is InChI=1S/C27H27ClN4O3/c1-27-16-21-20-15-18(28)8-9-22(20)29-23(21)24(17-6-4-7-19(33)14-17)32(27)26(35)31(25(27)34)13-5-12-30-10-2-3-11-30/h2-4,6-9,14-15,24,29,33H,5,10-13,16H2,1H3. The molecule has 1 fully saturated rings. The number of H-pyrrole nitrogens is 1. The van der Waals surface area contributed by atoms with Crippen molar-refractivity contribution in [2.45, 2.75) is 31.3 Å². The first-order valence-corrected chi connectivity index (χ1v) is 12.4. The molecule has 0 aliphatic carbocycles. The molecule has 2 unspecified atom stereocenters. The Morgan fingerprint density at radius 1 is 1.11 bits per heavy atom. The number of imide groups is 1. The molecule has 3 aliphatic heterocycles. The highest BCUT2D eigenvalue weighted by Crippen LogP contribution is 2.49. The van der Waals surface area contributed by atoms with Gasteiger partial charge in [-0.3, -0.25) is 19.5 Å². The van der Waals surface area contributed by atoms with Crippen LogP contribution in [0.5, 0.6) is 5.75 Å². The van der Waals surface area contributed by atoms with Crippen LogP contribution in [0.25, 0.3) is 10.9 Å². The number of aromatic hydroxyl groups is 1. The number of aromatic nitrogens is 1. The lowest BCUT2D eigenvalue weighted by Crippen LogP contribution is -2.53. The molecule has 6 rings (SSSR count). The van der Waals surface area contributed by atoms with Crippen molar-refractivity contribution >= 4 is 34.4 Å². The number of aromatic amines is 1. The Kier molecular flexibility index (Phi) is 5.16. The molecule has 1 saturated heterocycles. The van der Waals surface area contributed by atoms with E-state index in [1.807, 2.05) is 31.2 Å². The number of amides is 3. The number of rotatable bonds is 5. The first-order valence-electron chi connectivity index (χ1n) is 12.0. The van der Waals surface area contributed by atoms with Crippen molar-refractivity contribution in [3.63, 3.8) is 0 Å². The maximum absolute atomic E-state index is 13.8. The van der Waals surface area contributed by atoms with Crippen LogP contribution in [0.4, 0.5) is 4.79 Å². The Balaban J connectivity index is 1.42. The molecule has 0 saturated carbocycles. The highest BCUT2D eigenvalue weighted by molar-refractivity contribution is 6.31. The third-order valence-corrected chi connectivity index (χ3v) is 7.80. The second-order valence-corrected chi connectivity index (χ2v) is 10.3.